The van der Waals surface area contributed by atoms with Crippen LogP contribution in [0.4, 0.5) is 0 Å². The number of aromatic nitrogens is 3. The maximum atomic E-state index is 12.5. The Morgan fingerprint density at radius 2 is 2.16 bits per heavy atom. The van der Waals surface area contributed by atoms with Gasteiger partial charge in [-0.1, -0.05) is 55.1 Å². The normalized spacial score (nSPS) is 18.0. The van der Waals surface area contributed by atoms with E-state index in [-0.39, 0.29) is 5.91 Å². The lowest BCUT2D eigenvalue weighted by atomic mass is 10.0. The molecule has 1 aliphatic heterocycles. The summed E-state index contributed by atoms with van der Waals surface area (Å²) in [6, 6.07) is 10.4. The maximum Gasteiger partial charge on any atom is 0.233 e. The molecular weight excluding hydrogens is 332 g/mol. The number of thioether (sulfide) groups is 1. The second-order valence-electron chi connectivity index (χ2n) is 6.18. The van der Waals surface area contributed by atoms with Gasteiger partial charge in [0.25, 0.3) is 0 Å². The first-order valence-corrected chi connectivity index (χ1v) is 9.82. The summed E-state index contributed by atoms with van der Waals surface area (Å²) in [6.45, 7) is 3.04. The second-order valence-corrected chi connectivity index (χ2v) is 7.12. The number of rotatable bonds is 6. The predicted molar refractivity (Wildman–Crippen MR) is 102 cm³/mol. The molecule has 2 heterocycles. The SMILES string of the molecule is CCC1CCCCN1C(=O)CSc1n[nH]c(/C=C/c2ccccc2)n1. The highest BCUT2D eigenvalue weighted by Gasteiger charge is 2.25. The number of nitrogens with zero attached hydrogens (tertiary/aromatic N) is 3. The molecule has 1 amide bonds. The molecule has 25 heavy (non-hydrogen) atoms. The van der Waals surface area contributed by atoms with Crippen molar-refractivity contribution in [2.75, 3.05) is 12.3 Å². The van der Waals surface area contributed by atoms with Crippen LogP contribution >= 0.6 is 11.8 Å². The molecule has 6 heteroatoms. The van der Waals surface area contributed by atoms with Crippen molar-refractivity contribution in [3.63, 3.8) is 0 Å². The number of amides is 1. The van der Waals surface area contributed by atoms with Crippen LogP contribution in [0, 0.1) is 0 Å². The Kier molecular flexibility index (Phi) is 6.28. The van der Waals surface area contributed by atoms with Gasteiger partial charge in [0.05, 0.1) is 5.75 Å². The van der Waals surface area contributed by atoms with Crippen molar-refractivity contribution in [1.29, 1.82) is 0 Å². The van der Waals surface area contributed by atoms with Crippen molar-refractivity contribution in [3.05, 3.63) is 41.7 Å². The van der Waals surface area contributed by atoms with Gasteiger partial charge in [0, 0.05) is 12.6 Å². The monoisotopic (exact) mass is 356 g/mol. The Morgan fingerprint density at radius 3 is 2.96 bits per heavy atom. The molecule has 1 aliphatic rings. The van der Waals surface area contributed by atoms with E-state index < -0.39 is 0 Å². The molecular formula is C19H24N4OS. The smallest absolute Gasteiger partial charge is 0.233 e. The first kappa shape index (κ1) is 17.7. The largest absolute Gasteiger partial charge is 0.339 e. The van der Waals surface area contributed by atoms with Gasteiger partial charge in [-0.05, 0) is 37.3 Å². The summed E-state index contributed by atoms with van der Waals surface area (Å²) in [5.74, 6) is 1.29. The number of aromatic amines is 1. The van der Waals surface area contributed by atoms with Gasteiger partial charge in [0.2, 0.25) is 11.1 Å². The molecule has 2 aromatic rings. The Hall–Kier alpha value is -2.08. The fourth-order valence-electron chi connectivity index (χ4n) is 3.10. The zero-order chi connectivity index (χ0) is 17.5. The Morgan fingerprint density at radius 1 is 1.32 bits per heavy atom. The van der Waals surface area contributed by atoms with E-state index in [1.807, 2.05) is 47.4 Å². The molecule has 0 radical (unpaired) electrons. The van der Waals surface area contributed by atoms with Crippen LogP contribution in [0.5, 0.6) is 0 Å². The predicted octanol–water partition coefficient (Wildman–Crippen LogP) is 3.86. The molecule has 0 saturated carbocycles. The molecule has 1 N–H and O–H groups in total. The molecule has 3 rings (SSSR count). The molecule has 1 aromatic carbocycles. The number of hydrogen-bond donors (Lipinski definition) is 1. The van der Waals surface area contributed by atoms with Crippen LogP contribution in [0.1, 0.15) is 44.0 Å². The third-order valence-electron chi connectivity index (χ3n) is 4.46. The standard InChI is InChI=1S/C19H24N4OS/c1-2-16-10-6-7-13-23(16)18(24)14-25-19-20-17(21-22-19)12-11-15-8-4-3-5-9-15/h3-5,8-9,11-12,16H,2,6-7,10,13-14H2,1H3,(H,20,21,22)/b12-11+. The fourth-order valence-corrected chi connectivity index (χ4v) is 3.79. The lowest BCUT2D eigenvalue weighted by molar-refractivity contribution is -0.132. The van der Waals surface area contributed by atoms with E-state index in [9.17, 15) is 4.79 Å². The first-order valence-electron chi connectivity index (χ1n) is 8.84. The van der Waals surface area contributed by atoms with E-state index in [0.29, 0.717) is 22.8 Å². The van der Waals surface area contributed by atoms with Gasteiger partial charge >= 0.3 is 0 Å². The number of H-pyrrole nitrogens is 1. The van der Waals surface area contributed by atoms with Gasteiger partial charge in [-0.2, -0.15) is 0 Å². The maximum absolute atomic E-state index is 12.5. The summed E-state index contributed by atoms with van der Waals surface area (Å²) in [6.07, 6.45) is 8.38. The number of carbonyl (C=O) groups excluding carboxylic acids is 1. The number of nitrogens with one attached hydrogen (secondary N) is 1. The highest BCUT2D eigenvalue weighted by Crippen LogP contribution is 2.22. The van der Waals surface area contributed by atoms with E-state index in [1.165, 1.54) is 18.2 Å². The van der Waals surface area contributed by atoms with Crippen LogP contribution in [-0.2, 0) is 4.79 Å². The molecule has 132 valence electrons. The van der Waals surface area contributed by atoms with Gasteiger partial charge in [0.1, 0.15) is 5.82 Å². The molecule has 1 unspecified atom stereocenters. The molecule has 0 spiro atoms. The van der Waals surface area contributed by atoms with Gasteiger partial charge in [-0.3, -0.25) is 9.89 Å². The summed E-state index contributed by atoms with van der Waals surface area (Å²) in [7, 11) is 0. The van der Waals surface area contributed by atoms with Gasteiger partial charge in [0.15, 0.2) is 0 Å². The summed E-state index contributed by atoms with van der Waals surface area (Å²) in [5.41, 5.74) is 1.11. The van der Waals surface area contributed by atoms with Crippen LogP contribution in [0.15, 0.2) is 35.5 Å². The summed E-state index contributed by atoms with van der Waals surface area (Å²) >= 11 is 1.40. The van der Waals surface area contributed by atoms with Crippen LogP contribution in [0.3, 0.4) is 0 Å². The van der Waals surface area contributed by atoms with Crippen LogP contribution in [0.2, 0.25) is 0 Å². The molecule has 1 atom stereocenters. The molecule has 1 aromatic heterocycles. The van der Waals surface area contributed by atoms with Crippen molar-refractivity contribution < 1.29 is 4.79 Å². The topological polar surface area (TPSA) is 61.9 Å². The quantitative estimate of drug-likeness (QED) is 0.799. The highest BCUT2D eigenvalue weighted by molar-refractivity contribution is 7.99. The number of hydrogen-bond acceptors (Lipinski definition) is 4. The number of likely N-dealkylation sites (tertiary alicyclic amines) is 1. The minimum Gasteiger partial charge on any atom is -0.339 e. The minimum absolute atomic E-state index is 0.197. The third-order valence-corrected chi connectivity index (χ3v) is 5.29. The van der Waals surface area contributed by atoms with E-state index in [0.717, 1.165) is 31.4 Å². The lowest BCUT2D eigenvalue weighted by Crippen LogP contribution is -2.44. The van der Waals surface area contributed by atoms with Gasteiger partial charge in [-0.25, -0.2) is 4.98 Å². The molecule has 1 saturated heterocycles. The number of carbonyl (C=O) groups is 1. The molecule has 5 nitrogen and oxygen atoms in total. The Bertz CT molecular complexity index is 713. The zero-order valence-electron chi connectivity index (χ0n) is 14.5. The number of piperidine rings is 1. The molecule has 1 fully saturated rings. The first-order chi connectivity index (χ1) is 12.3. The van der Waals surface area contributed by atoms with Crippen LogP contribution in [0.25, 0.3) is 12.2 Å². The Labute approximate surface area is 152 Å². The third kappa shape index (κ3) is 4.95. The van der Waals surface area contributed by atoms with E-state index in [4.69, 9.17) is 0 Å². The van der Waals surface area contributed by atoms with Crippen molar-refractivity contribution in [2.45, 2.75) is 43.8 Å². The highest BCUT2D eigenvalue weighted by atomic mass is 32.2. The average Bonchev–Trinajstić information content (AvgIpc) is 3.13. The van der Waals surface area contributed by atoms with E-state index in [1.54, 1.807) is 0 Å². The molecule has 0 bridgehead atoms. The van der Waals surface area contributed by atoms with Crippen molar-refractivity contribution in [3.8, 4) is 0 Å². The van der Waals surface area contributed by atoms with E-state index in [2.05, 4.69) is 22.1 Å². The van der Waals surface area contributed by atoms with Crippen molar-refractivity contribution in [2.24, 2.45) is 0 Å². The van der Waals surface area contributed by atoms with Crippen LogP contribution < -0.4 is 0 Å². The zero-order valence-corrected chi connectivity index (χ0v) is 15.3. The Balaban J connectivity index is 1.53. The summed E-state index contributed by atoms with van der Waals surface area (Å²) in [5, 5.41) is 7.71. The van der Waals surface area contributed by atoms with Gasteiger partial charge in [-0.15, -0.1) is 5.10 Å². The lowest BCUT2D eigenvalue weighted by Gasteiger charge is -2.35. The molecule has 0 aliphatic carbocycles. The number of benzene rings is 1. The second kappa shape index (κ2) is 8.85. The van der Waals surface area contributed by atoms with Crippen LogP contribution in [-0.4, -0.2) is 44.3 Å². The van der Waals surface area contributed by atoms with Crippen molar-refractivity contribution >= 4 is 29.8 Å². The summed E-state index contributed by atoms with van der Waals surface area (Å²) in [4.78, 5) is 18.9. The van der Waals surface area contributed by atoms with Crippen molar-refractivity contribution in [1.82, 2.24) is 20.1 Å². The van der Waals surface area contributed by atoms with Gasteiger partial charge < -0.3 is 4.90 Å². The fraction of sp³-hybridized carbons (Fsp3) is 0.421. The average molecular weight is 356 g/mol. The summed E-state index contributed by atoms with van der Waals surface area (Å²) < 4.78 is 0. The minimum atomic E-state index is 0.197. The van der Waals surface area contributed by atoms with E-state index >= 15 is 0 Å².